The van der Waals surface area contributed by atoms with Gasteiger partial charge in [0.1, 0.15) is 0 Å². The van der Waals surface area contributed by atoms with Crippen molar-refractivity contribution in [2.75, 3.05) is 26.2 Å². The minimum absolute atomic E-state index is 0.0690. The van der Waals surface area contributed by atoms with Crippen LogP contribution in [0.2, 0.25) is 0 Å². The molecule has 1 amide bonds. The molecule has 8 heteroatoms. The molecule has 0 N–H and O–H groups in total. The Kier molecular flexibility index (Phi) is 5.99. The van der Waals surface area contributed by atoms with E-state index in [1.165, 1.54) is 11.8 Å². The van der Waals surface area contributed by atoms with Gasteiger partial charge in [-0.15, -0.1) is 5.10 Å². The van der Waals surface area contributed by atoms with Gasteiger partial charge in [-0.25, -0.2) is 4.68 Å². The van der Waals surface area contributed by atoms with Crippen molar-refractivity contribution in [2.24, 2.45) is 0 Å². The Bertz CT molecular complexity index is 1180. The van der Waals surface area contributed by atoms with Crippen LogP contribution in [0.5, 0.6) is 0 Å². The fourth-order valence-corrected chi connectivity index (χ4v) is 4.29. The molecular weight excluding hydrogens is 416 g/mol. The van der Waals surface area contributed by atoms with Crippen LogP contribution in [0, 0.1) is 6.92 Å². The molecule has 2 aromatic carbocycles. The highest BCUT2D eigenvalue weighted by molar-refractivity contribution is 5.91. The van der Waals surface area contributed by atoms with Crippen molar-refractivity contribution >= 4 is 5.91 Å². The minimum Gasteiger partial charge on any atom is -0.459 e. The van der Waals surface area contributed by atoms with Gasteiger partial charge in [-0.2, -0.15) is 0 Å². The number of hydrogen-bond acceptors (Lipinski definition) is 6. The predicted molar refractivity (Wildman–Crippen MR) is 123 cm³/mol. The van der Waals surface area contributed by atoms with Crippen LogP contribution in [0.15, 0.2) is 77.4 Å². The molecule has 1 atom stereocenters. The highest BCUT2D eigenvalue weighted by Crippen LogP contribution is 2.29. The summed E-state index contributed by atoms with van der Waals surface area (Å²) in [5, 5.41) is 12.8. The van der Waals surface area contributed by atoms with Crippen molar-refractivity contribution in [3.05, 3.63) is 101 Å². The second-order valence-corrected chi connectivity index (χ2v) is 8.30. The van der Waals surface area contributed by atoms with Gasteiger partial charge in [-0.3, -0.25) is 9.69 Å². The smallest absolute Gasteiger partial charge is 0.289 e. The summed E-state index contributed by atoms with van der Waals surface area (Å²) in [6, 6.07) is 22.0. The largest absolute Gasteiger partial charge is 0.459 e. The molecule has 0 unspecified atom stereocenters. The zero-order chi connectivity index (χ0) is 22.6. The first-order chi connectivity index (χ1) is 16.2. The monoisotopic (exact) mass is 442 g/mol. The molecule has 4 aromatic rings. The maximum absolute atomic E-state index is 12.7. The molecule has 168 valence electrons. The molecule has 1 fully saturated rings. The second-order valence-electron chi connectivity index (χ2n) is 8.30. The molecule has 0 bridgehead atoms. The third kappa shape index (κ3) is 4.56. The number of aryl methyl sites for hydroxylation is 1. The van der Waals surface area contributed by atoms with Crippen LogP contribution in [0.25, 0.3) is 0 Å². The zero-order valence-electron chi connectivity index (χ0n) is 18.5. The van der Waals surface area contributed by atoms with Crippen molar-refractivity contribution in [3.8, 4) is 0 Å². The quantitative estimate of drug-likeness (QED) is 0.456. The lowest BCUT2D eigenvalue weighted by atomic mass is 10.0. The van der Waals surface area contributed by atoms with Gasteiger partial charge in [-0.1, -0.05) is 60.2 Å². The number of piperazine rings is 1. The number of aromatic nitrogens is 4. The lowest BCUT2D eigenvalue weighted by Gasteiger charge is -2.38. The Morgan fingerprint density at radius 1 is 0.970 bits per heavy atom. The molecule has 8 nitrogen and oxygen atoms in total. The third-order valence-corrected chi connectivity index (χ3v) is 6.07. The van der Waals surface area contributed by atoms with E-state index >= 15 is 0 Å². The average molecular weight is 443 g/mol. The van der Waals surface area contributed by atoms with Crippen LogP contribution in [0.3, 0.4) is 0 Å². The summed E-state index contributed by atoms with van der Waals surface area (Å²) >= 11 is 0. The summed E-state index contributed by atoms with van der Waals surface area (Å²) in [5.74, 6) is 1.11. The van der Waals surface area contributed by atoms with Gasteiger partial charge in [0.05, 0.1) is 18.8 Å². The van der Waals surface area contributed by atoms with E-state index in [0.717, 1.165) is 17.0 Å². The molecule has 33 heavy (non-hydrogen) atoms. The van der Waals surface area contributed by atoms with E-state index in [1.807, 2.05) is 27.8 Å². The van der Waals surface area contributed by atoms with Crippen molar-refractivity contribution in [1.82, 2.24) is 30.0 Å². The highest BCUT2D eigenvalue weighted by Gasteiger charge is 2.32. The molecule has 1 aliphatic heterocycles. The van der Waals surface area contributed by atoms with Crippen LogP contribution in [-0.2, 0) is 6.54 Å². The number of furan rings is 1. The minimum atomic E-state index is -0.106. The van der Waals surface area contributed by atoms with Crippen LogP contribution in [-0.4, -0.2) is 62.1 Å². The van der Waals surface area contributed by atoms with E-state index in [0.29, 0.717) is 38.5 Å². The average Bonchev–Trinajstić information content (AvgIpc) is 3.54. The topological polar surface area (TPSA) is 80.3 Å². The van der Waals surface area contributed by atoms with Gasteiger partial charge in [0.15, 0.2) is 11.6 Å². The maximum Gasteiger partial charge on any atom is 0.289 e. The lowest BCUT2D eigenvalue weighted by Crippen LogP contribution is -2.50. The summed E-state index contributed by atoms with van der Waals surface area (Å²) in [4.78, 5) is 16.9. The molecule has 0 saturated carbocycles. The van der Waals surface area contributed by atoms with Gasteiger partial charge < -0.3 is 9.32 Å². The number of tetrazole rings is 1. The van der Waals surface area contributed by atoms with E-state index in [1.54, 1.807) is 12.1 Å². The maximum atomic E-state index is 12.7. The Morgan fingerprint density at radius 3 is 2.42 bits per heavy atom. The Hall–Kier alpha value is -3.78. The zero-order valence-corrected chi connectivity index (χ0v) is 18.5. The fourth-order valence-electron chi connectivity index (χ4n) is 4.29. The summed E-state index contributed by atoms with van der Waals surface area (Å²) in [5.41, 5.74) is 3.48. The number of amides is 1. The Balaban J connectivity index is 1.41. The number of carbonyl (C=O) groups is 1. The molecule has 3 heterocycles. The Morgan fingerprint density at radius 2 is 1.73 bits per heavy atom. The van der Waals surface area contributed by atoms with Gasteiger partial charge in [-0.05, 0) is 40.6 Å². The number of rotatable bonds is 6. The second kappa shape index (κ2) is 9.38. The summed E-state index contributed by atoms with van der Waals surface area (Å²) in [6.07, 6.45) is 1.53. The van der Waals surface area contributed by atoms with Gasteiger partial charge in [0.25, 0.3) is 5.91 Å². The molecule has 2 aromatic heterocycles. The number of carbonyl (C=O) groups excluding carboxylic acids is 1. The van der Waals surface area contributed by atoms with E-state index in [-0.39, 0.29) is 11.9 Å². The van der Waals surface area contributed by atoms with E-state index in [4.69, 9.17) is 4.42 Å². The molecule has 5 rings (SSSR count). The van der Waals surface area contributed by atoms with Crippen molar-refractivity contribution < 1.29 is 9.21 Å². The van der Waals surface area contributed by atoms with E-state index in [2.05, 4.69) is 63.7 Å². The summed E-state index contributed by atoms with van der Waals surface area (Å²) in [6.45, 7) is 5.33. The normalized spacial score (nSPS) is 15.5. The molecular formula is C25H26N6O2. The van der Waals surface area contributed by atoms with Gasteiger partial charge in [0, 0.05) is 26.2 Å². The number of hydrogen-bond donors (Lipinski definition) is 0. The fraction of sp³-hybridized carbons (Fsp3) is 0.280. The number of benzene rings is 2. The third-order valence-electron chi connectivity index (χ3n) is 6.07. The predicted octanol–water partition coefficient (Wildman–Crippen LogP) is 3.17. The first-order valence-electron chi connectivity index (χ1n) is 11.1. The molecule has 0 radical (unpaired) electrons. The molecule has 0 spiro atoms. The molecule has 1 saturated heterocycles. The number of nitrogens with zero attached hydrogens (tertiary/aromatic N) is 6. The Labute approximate surface area is 192 Å². The van der Waals surface area contributed by atoms with E-state index < -0.39 is 0 Å². The van der Waals surface area contributed by atoms with E-state index in [9.17, 15) is 4.79 Å². The first-order valence-corrected chi connectivity index (χ1v) is 11.1. The van der Waals surface area contributed by atoms with Crippen molar-refractivity contribution in [1.29, 1.82) is 0 Å². The van der Waals surface area contributed by atoms with Crippen LogP contribution >= 0.6 is 0 Å². The van der Waals surface area contributed by atoms with Gasteiger partial charge >= 0.3 is 0 Å². The van der Waals surface area contributed by atoms with Crippen LogP contribution < -0.4 is 0 Å². The van der Waals surface area contributed by atoms with Crippen molar-refractivity contribution in [3.63, 3.8) is 0 Å². The van der Waals surface area contributed by atoms with Crippen LogP contribution in [0.1, 0.15) is 39.1 Å². The van der Waals surface area contributed by atoms with Crippen LogP contribution in [0.4, 0.5) is 0 Å². The molecule has 1 aliphatic rings. The lowest BCUT2D eigenvalue weighted by molar-refractivity contribution is 0.0559. The summed E-state index contributed by atoms with van der Waals surface area (Å²) < 4.78 is 7.18. The van der Waals surface area contributed by atoms with Crippen molar-refractivity contribution in [2.45, 2.75) is 19.5 Å². The van der Waals surface area contributed by atoms with Gasteiger partial charge in [0.2, 0.25) is 0 Å². The highest BCUT2D eigenvalue weighted by atomic mass is 16.3. The first kappa shape index (κ1) is 21.1. The SMILES string of the molecule is Cc1ccc([C@@H](c2nnnn2Cc2ccccc2)N2CCN(C(=O)c3ccco3)CC2)cc1. The standard InChI is InChI=1S/C25H26N6O2/c1-19-9-11-21(12-10-19)23(24-26-27-28-31(24)18-20-6-3-2-4-7-20)29-13-15-30(16-14-29)25(32)22-8-5-17-33-22/h2-12,17,23H,13-16,18H2,1H3/t23-/m0/s1. The summed E-state index contributed by atoms with van der Waals surface area (Å²) in [7, 11) is 0. The molecule has 0 aliphatic carbocycles.